The second-order valence-corrected chi connectivity index (χ2v) is 8.39. The zero-order valence-electron chi connectivity index (χ0n) is 15.9. The van der Waals surface area contributed by atoms with Crippen LogP contribution < -0.4 is 10.2 Å². The Kier molecular flexibility index (Phi) is 6.57. The van der Waals surface area contributed by atoms with Crippen LogP contribution in [0.2, 0.25) is 0 Å². The van der Waals surface area contributed by atoms with E-state index < -0.39 is 35.2 Å². The van der Waals surface area contributed by atoms with Crippen LogP contribution in [0, 0.1) is 11.6 Å². The number of hydrogen-bond donors (Lipinski definition) is 1. The molecule has 0 bridgehead atoms. The summed E-state index contributed by atoms with van der Waals surface area (Å²) < 4.78 is 27.5. The summed E-state index contributed by atoms with van der Waals surface area (Å²) in [7, 11) is 3.79. The molecule has 30 heavy (non-hydrogen) atoms. The van der Waals surface area contributed by atoms with Gasteiger partial charge in [0, 0.05) is 24.6 Å². The molecule has 10 heteroatoms. The van der Waals surface area contributed by atoms with Gasteiger partial charge in [-0.25, -0.2) is 8.78 Å². The molecule has 1 N–H and O–H groups in total. The minimum absolute atomic E-state index is 0.172. The lowest BCUT2D eigenvalue weighted by atomic mass is 10.2. The number of nitrogens with zero attached hydrogens (tertiary/aromatic N) is 2. The van der Waals surface area contributed by atoms with Crippen LogP contribution in [0.4, 0.5) is 25.0 Å². The molecule has 0 saturated carbocycles. The smallest absolute Gasteiger partial charge is 0.294 e. The first-order valence-electron chi connectivity index (χ1n) is 8.63. The Morgan fingerprint density at radius 1 is 1.20 bits per heavy atom. The zero-order chi connectivity index (χ0) is 22.0. The average Bonchev–Trinajstić information content (AvgIpc) is 2.91. The minimum atomic E-state index is -0.955. The number of halogens is 3. The maximum absolute atomic E-state index is 13.7. The highest BCUT2D eigenvalue weighted by Crippen LogP contribution is 2.33. The Hall–Kier alpha value is -2.72. The summed E-state index contributed by atoms with van der Waals surface area (Å²) in [6.07, 6.45) is 1.56. The van der Waals surface area contributed by atoms with E-state index >= 15 is 0 Å². The van der Waals surface area contributed by atoms with Crippen LogP contribution in [0.5, 0.6) is 0 Å². The summed E-state index contributed by atoms with van der Waals surface area (Å²) in [6.45, 7) is -0.581. The molecular weight excluding hydrogens is 480 g/mol. The van der Waals surface area contributed by atoms with Crippen LogP contribution in [0.1, 0.15) is 5.56 Å². The standard InChI is InChI=1S/C20H16BrF2N3O3S/c1-25(2)16-6-3-11(7-13(16)21)8-17-19(28)26(20(29)30-17)10-18(27)24-15-5-4-12(22)9-14(15)23/h3-9H,10H2,1-2H3,(H,24,27). The van der Waals surface area contributed by atoms with Gasteiger partial charge in [0.15, 0.2) is 0 Å². The molecule has 0 unspecified atom stereocenters. The number of carbonyl (C=O) groups excluding carboxylic acids is 3. The van der Waals surface area contributed by atoms with Gasteiger partial charge >= 0.3 is 0 Å². The van der Waals surface area contributed by atoms with Gasteiger partial charge < -0.3 is 10.2 Å². The molecule has 6 nitrogen and oxygen atoms in total. The molecule has 1 aliphatic rings. The lowest BCUT2D eigenvalue weighted by Gasteiger charge is -2.14. The highest BCUT2D eigenvalue weighted by atomic mass is 79.9. The molecule has 0 radical (unpaired) electrons. The molecule has 0 aromatic heterocycles. The summed E-state index contributed by atoms with van der Waals surface area (Å²) in [5.74, 6) is -3.13. The van der Waals surface area contributed by atoms with Gasteiger partial charge in [-0.05, 0) is 63.6 Å². The van der Waals surface area contributed by atoms with E-state index in [0.29, 0.717) is 23.4 Å². The SMILES string of the molecule is CN(C)c1ccc(C=C2SC(=O)N(CC(=O)Nc3ccc(F)cc3F)C2=O)cc1Br. The number of carbonyl (C=O) groups is 3. The molecule has 0 aliphatic carbocycles. The van der Waals surface area contributed by atoms with E-state index in [1.807, 2.05) is 31.1 Å². The first-order chi connectivity index (χ1) is 14.2. The molecule has 1 saturated heterocycles. The molecule has 3 amide bonds. The maximum Gasteiger partial charge on any atom is 0.294 e. The van der Waals surface area contributed by atoms with E-state index in [0.717, 1.165) is 27.2 Å². The molecule has 1 fully saturated rings. The van der Waals surface area contributed by atoms with E-state index in [9.17, 15) is 23.2 Å². The highest BCUT2D eigenvalue weighted by Gasteiger charge is 2.36. The van der Waals surface area contributed by atoms with Crippen LogP contribution >= 0.6 is 27.7 Å². The zero-order valence-corrected chi connectivity index (χ0v) is 18.3. The number of imide groups is 1. The summed E-state index contributed by atoms with van der Waals surface area (Å²) in [4.78, 5) is 39.8. The number of rotatable bonds is 5. The third kappa shape index (κ3) is 4.88. The summed E-state index contributed by atoms with van der Waals surface area (Å²) in [5.41, 5.74) is 1.41. The van der Waals surface area contributed by atoms with E-state index in [-0.39, 0.29) is 10.6 Å². The largest absolute Gasteiger partial charge is 0.377 e. The van der Waals surface area contributed by atoms with Crippen LogP contribution in [0.25, 0.3) is 6.08 Å². The van der Waals surface area contributed by atoms with Crippen molar-refractivity contribution in [2.45, 2.75) is 0 Å². The van der Waals surface area contributed by atoms with Crippen LogP contribution in [0.15, 0.2) is 45.8 Å². The molecular formula is C20H16BrF2N3O3S. The lowest BCUT2D eigenvalue weighted by Crippen LogP contribution is -2.36. The molecule has 1 heterocycles. The van der Waals surface area contributed by atoms with Crippen molar-refractivity contribution in [2.75, 3.05) is 30.9 Å². The van der Waals surface area contributed by atoms with Gasteiger partial charge in [0.05, 0.1) is 16.3 Å². The van der Waals surface area contributed by atoms with E-state index in [1.165, 1.54) is 0 Å². The Bertz CT molecular complexity index is 1080. The summed E-state index contributed by atoms with van der Waals surface area (Å²) >= 11 is 4.18. The Morgan fingerprint density at radius 2 is 1.93 bits per heavy atom. The van der Waals surface area contributed by atoms with Crippen molar-refractivity contribution in [3.05, 3.63) is 63.0 Å². The van der Waals surface area contributed by atoms with E-state index in [2.05, 4.69) is 21.2 Å². The molecule has 156 valence electrons. The third-order valence-electron chi connectivity index (χ3n) is 4.13. The Morgan fingerprint density at radius 3 is 2.57 bits per heavy atom. The molecule has 0 atom stereocenters. The second kappa shape index (κ2) is 8.97. The average molecular weight is 496 g/mol. The van der Waals surface area contributed by atoms with Crippen molar-refractivity contribution in [2.24, 2.45) is 0 Å². The quantitative estimate of drug-likeness (QED) is 0.619. The molecule has 3 rings (SSSR count). The summed E-state index contributed by atoms with van der Waals surface area (Å²) in [5, 5.41) is 1.62. The molecule has 2 aromatic carbocycles. The van der Waals surface area contributed by atoms with E-state index in [4.69, 9.17) is 0 Å². The first-order valence-corrected chi connectivity index (χ1v) is 10.2. The number of thioether (sulfide) groups is 1. The van der Waals surface area contributed by atoms with Gasteiger partial charge in [0.2, 0.25) is 5.91 Å². The van der Waals surface area contributed by atoms with Crippen molar-refractivity contribution < 1.29 is 23.2 Å². The fraction of sp³-hybridized carbons (Fsp3) is 0.150. The van der Waals surface area contributed by atoms with Crippen molar-refractivity contribution >= 4 is 62.2 Å². The van der Waals surface area contributed by atoms with Crippen molar-refractivity contribution in [1.29, 1.82) is 0 Å². The third-order valence-corrected chi connectivity index (χ3v) is 5.67. The van der Waals surface area contributed by atoms with Crippen LogP contribution in [0.3, 0.4) is 0 Å². The topological polar surface area (TPSA) is 69.7 Å². The van der Waals surface area contributed by atoms with E-state index in [1.54, 1.807) is 12.1 Å². The van der Waals surface area contributed by atoms with Gasteiger partial charge in [-0.1, -0.05) is 6.07 Å². The number of anilines is 2. The maximum atomic E-state index is 13.7. The van der Waals surface area contributed by atoms with Gasteiger partial charge in [0.25, 0.3) is 11.1 Å². The van der Waals surface area contributed by atoms with Gasteiger partial charge in [-0.3, -0.25) is 19.3 Å². The fourth-order valence-electron chi connectivity index (χ4n) is 2.69. The molecule has 2 aromatic rings. The highest BCUT2D eigenvalue weighted by molar-refractivity contribution is 9.10. The van der Waals surface area contributed by atoms with Gasteiger partial charge in [0.1, 0.15) is 18.2 Å². The Labute approximate surface area is 184 Å². The Balaban J connectivity index is 1.72. The van der Waals surface area contributed by atoms with Crippen molar-refractivity contribution in [3.8, 4) is 0 Å². The number of benzene rings is 2. The van der Waals surface area contributed by atoms with Crippen molar-refractivity contribution in [3.63, 3.8) is 0 Å². The van der Waals surface area contributed by atoms with Crippen LogP contribution in [-0.4, -0.2) is 42.6 Å². The first kappa shape index (κ1) is 22.0. The van der Waals surface area contributed by atoms with Crippen molar-refractivity contribution in [1.82, 2.24) is 4.90 Å². The number of nitrogens with one attached hydrogen (secondary N) is 1. The predicted octanol–water partition coefficient (Wildman–Crippen LogP) is 4.47. The lowest BCUT2D eigenvalue weighted by molar-refractivity contribution is -0.127. The van der Waals surface area contributed by atoms with Crippen LogP contribution in [-0.2, 0) is 9.59 Å². The fourth-order valence-corrected chi connectivity index (χ4v) is 4.28. The van der Waals surface area contributed by atoms with Gasteiger partial charge in [-0.15, -0.1) is 0 Å². The normalized spacial score (nSPS) is 15.1. The molecule has 1 aliphatic heterocycles. The minimum Gasteiger partial charge on any atom is -0.377 e. The number of amides is 3. The number of hydrogen-bond acceptors (Lipinski definition) is 5. The predicted molar refractivity (Wildman–Crippen MR) is 116 cm³/mol. The van der Waals surface area contributed by atoms with Gasteiger partial charge in [-0.2, -0.15) is 0 Å². The second-order valence-electron chi connectivity index (χ2n) is 6.55. The monoisotopic (exact) mass is 495 g/mol. The molecule has 0 spiro atoms. The summed E-state index contributed by atoms with van der Waals surface area (Å²) in [6, 6.07) is 8.15.